The lowest BCUT2D eigenvalue weighted by Crippen LogP contribution is -2.21. The molecule has 3 aromatic heterocycles. The van der Waals surface area contributed by atoms with Gasteiger partial charge in [-0.3, -0.25) is 4.98 Å². The number of alkyl halides is 2. The number of pyridine rings is 2. The molecule has 0 saturated heterocycles. The summed E-state index contributed by atoms with van der Waals surface area (Å²) in [4.78, 5) is 54.4. The number of thiophene rings is 1. The minimum atomic E-state index is -0.889. The van der Waals surface area contributed by atoms with Crippen LogP contribution in [-0.2, 0) is 21.2 Å². The van der Waals surface area contributed by atoms with Crippen molar-refractivity contribution in [2.45, 2.75) is 11.8 Å². The van der Waals surface area contributed by atoms with Crippen molar-refractivity contribution in [1.29, 1.82) is 0 Å². The van der Waals surface area contributed by atoms with E-state index in [-0.39, 0.29) is 31.8 Å². The highest BCUT2D eigenvalue weighted by Gasteiger charge is 2.39. The van der Waals surface area contributed by atoms with Crippen molar-refractivity contribution in [3.05, 3.63) is 56.8 Å². The summed E-state index contributed by atoms with van der Waals surface area (Å²) in [6, 6.07) is 1.88. The average molecular weight is 451 g/mol. The molecule has 0 radical (unpaired) electrons. The van der Waals surface area contributed by atoms with E-state index in [1.807, 2.05) is 6.07 Å². The van der Waals surface area contributed by atoms with E-state index in [1.54, 1.807) is 12.4 Å². The summed E-state index contributed by atoms with van der Waals surface area (Å²) in [6.45, 7) is 0. The summed E-state index contributed by atoms with van der Waals surface area (Å²) < 4.78 is 9.05. The number of carbonyl (C=O) groups excluding carboxylic acids is 4. The summed E-state index contributed by atoms with van der Waals surface area (Å²) in [5.41, 5.74) is 2.07. The number of hydrogen-bond acceptors (Lipinski definition) is 9. The standard InChI is InChI=1S/C11HNO6S.C7H7Cl2N/c13-8-2-1-12-5-4-3(2)6(10(15)17-8)19-7(4)11(16)18-9(5)14;8-3-6-1-2-10-5-7(6)4-9/h1H;1-2,5H,3-4H2. The predicted octanol–water partition coefficient (Wildman–Crippen LogP) is 3.48. The minimum Gasteiger partial charge on any atom is -0.385 e. The van der Waals surface area contributed by atoms with Gasteiger partial charge >= 0.3 is 23.9 Å². The van der Waals surface area contributed by atoms with E-state index in [4.69, 9.17) is 23.2 Å². The van der Waals surface area contributed by atoms with Gasteiger partial charge in [0.1, 0.15) is 9.75 Å². The lowest BCUT2D eigenvalue weighted by atomic mass is 10.0. The van der Waals surface area contributed by atoms with E-state index < -0.39 is 23.9 Å². The summed E-state index contributed by atoms with van der Waals surface area (Å²) in [6.07, 6.45) is 4.60. The first kappa shape index (κ1) is 19.4. The van der Waals surface area contributed by atoms with E-state index in [1.165, 1.54) is 0 Å². The molecular weight excluding hydrogens is 443 g/mol. The molecule has 146 valence electrons. The van der Waals surface area contributed by atoms with Gasteiger partial charge in [-0.25, -0.2) is 24.2 Å². The summed E-state index contributed by atoms with van der Waals surface area (Å²) in [5.74, 6) is -2.43. The molecular formula is C18H8Cl2N2O6S. The molecule has 0 bridgehead atoms. The number of nitrogens with zero attached hydrogens (tertiary/aromatic N) is 2. The predicted molar refractivity (Wildman–Crippen MR) is 102 cm³/mol. The topological polar surface area (TPSA) is 113 Å². The van der Waals surface area contributed by atoms with Crippen LogP contribution in [0.3, 0.4) is 0 Å². The van der Waals surface area contributed by atoms with Gasteiger partial charge in [0, 0.05) is 41.1 Å². The van der Waals surface area contributed by atoms with Gasteiger partial charge in [-0.2, -0.15) is 0 Å². The maximum Gasteiger partial charge on any atom is 0.365 e. The molecule has 0 spiro atoms. The summed E-state index contributed by atoms with van der Waals surface area (Å²) >= 11 is 12.1. The van der Waals surface area contributed by atoms with Crippen molar-refractivity contribution >= 4 is 69.2 Å². The SMILES string of the molecule is ClCc1ccncc1CCl.O=C1OC(=O)c2sc3c4c(ncc1c24)C(=O)OC3=O. The molecule has 0 unspecified atom stereocenters. The monoisotopic (exact) mass is 450 g/mol. The molecule has 11 heteroatoms. The molecule has 8 nitrogen and oxygen atoms in total. The fraction of sp³-hybridized carbons (Fsp3) is 0.111. The number of ether oxygens (including phenoxy) is 2. The van der Waals surface area contributed by atoms with E-state index in [9.17, 15) is 19.2 Å². The van der Waals surface area contributed by atoms with Crippen LogP contribution in [0.4, 0.5) is 0 Å². The molecule has 0 N–H and O–H groups in total. The van der Waals surface area contributed by atoms with Crippen LogP contribution >= 0.6 is 34.5 Å². The molecule has 2 aliphatic rings. The van der Waals surface area contributed by atoms with Crippen molar-refractivity contribution in [2.24, 2.45) is 0 Å². The first-order chi connectivity index (χ1) is 14.0. The fourth-order valence-corrected chi connectivity index (χ4v) is 4.41. The maximum atomic E-state index is 11.6. The van der Waals surface area contributed by atoms with Crippen molar-refractivity contribution < 1.29 is 28.7 Å². The first-order valence-corrected chi connectivity index (χ1v) is 9.87. The molecule has 0 fully saturated rings. The molecule has 5 rings (SSSR count). The second kappa shape index (κ2) is 7.51. The van der Waals surface area contributed by atoms with Crippen LogP contribution in [0.25, 0.3) is 10.8 Å². The van der Waals surface area contributed by atoms with Gasteiger partial charge in [0.25, 0.3) is 0 Å². The van der Waals surface area contributed by atoms with Gasteiger partial charge in [-0.15, -0.1) is 34.5 Å². The number of aromatic nitrogens is 2. The van der Waals surface area contributed by atoms with Crippen LogP contribution in [0.2, 0.25) is 0 Å². The Hall–Kier alpha value is -2.88. The van der Waals surface area contributed by atoms with E-state index in [0.717, 1.165) is 28.7 Å². The fourth-order valence-electron chi connectivity index (χ4n) is 2.84. The minimum absolute atomic E-state index is 0.0679. The maximum absolute atomic E-state index is 11.6. The number of hydrogen-bond donors (Lipinski definition) is 0. The molecule has 0 aliphatic carbocycles. The normalized spacial score (nSPS) is 14.3. The molecule has 3 aromatic rings. The second-order valence-electron chi connectivity index (χ2n) is 5.80. The highest BCUT2D eigenvalue weighted by Crippen LogP contribution is 2.40. The van der Waals surface area contributed by atoms with Gasteiger partial charge in [0.15, 0.2) is 5.69 Å². The summed E-state index contributed by atoms with van der Waals surface area (Å²) in [5, 5.41) is 0.444. The third kappa shape index (κ3) is 3.17. The van der Waals surface area contributed by atoms with Gasteiger partial charge in [-0.05, 0) is 17.2 Å². The molecule has 0 amide bonds. The molecule has 0 saturated carbocycles. The number of rotatable bonds is 2. The van der Waals surface area contributed by atoms with E-state index in [0.29, 0.717) is 11.8 Å². The zero-order valence-electron chi connectivity index (χ0n) is 14.2. The smallest absolute Gasteiger partial charge is 0.365 e. The Morgan fingerprint density at radius 2 is 1.48 bits per heavy atom. The second-order valence-corrected chi connectivity index (χ2v) is 7.35. The Morgan fingerprint density at radius 3 is 2.14 bits per heavy atom. The Bertz CT molecular complexity index is 1130. The zero-order chi connectivity index (χ0) is 20.7. The molecule has 2 aliphatic heterocycles. The Balaban J connectivity index is 0.000000174. The van der Waals surface area contributed by atoms with Crippen LogP contribution in [0.1, 0.15) is 51.3 Å². The summed E-state index contributed by atoms with van der Waals surface area (Å²) in [7, 11) is 0. The van der Waals surface area contributed by atoms with Crippen molar-refractivity contribution in [2.75, 3.05) is 0 Å². The highest BCUT2D eigenvalue weighted by atomic mass is 35.5. The number of esters is 4. The quantitative estimate of drug-likeness (QED) is 0.331. The number of carbonyl (C=O) groups is 4. The van der Waals surface area contributed by atoms with Crippen LogP contribution in [0.15, 0.2) is 24.7 Å². The number of cyclic esters (lactones) is 4. The first-order valence-electron chi connectivity index (χ1n) is 7.98. The van der Waals surface area contributed by atoms with Gasteiger partial charge in [0.05, 0.1) is 5.56 Å². The lowest BCUT2D eigenvalue weighted by molar-refractivity contribution is 0.0370. The van der Waals surface area contributed by atoms with Crippen LogP contribution in [0.5, 0.6) is 0 Å². The average Bonchev–Trinajstić information content (AvgIpc) is 3.13. The Kier molecular flexibility index (Phi) is 5.03. The van der Waals surface area contributed by atoms with Crippen molar-refractivity contribution in [1.82, 2.24) is 9.97 Å². The third-order valence-corrected chi connectivity index (χ3v) is 5.91. The Morgan fingerprint density at radius 1 is 0.828 bits per heavy atom. The molecule has 0 aromatic carbocycles. The molecule has 29 heavy (non-hydrogen) atoms. The molecule has 5 heterocycles. The van der Waals surface area contributed by atoms with Crippen molar-refractivity contribution in [3.63, 3.8) is 0 Å². The van der Waals surface area contributed by atoms with Gasteiger partial charge in [-0.1, -0.05) is 0 Å². The van der Waals surface area contributed by atoms with E-state index >= 15 is 0 Å². The number of halogens is 2. The van der Waals surface area contributed by atoms with Gasteiger partial charge in [0.2, 0.25) is 0 Å². The lowest BCUT2D eigenvalue weighted by Gasteiger charge is -2.13. The van der Waals surface area contributed by atoms with Crippen LogP contribution in [0, 0.1) is 0 Å². The van der Waals surface area contributed by atoms with E-state index in [2.05, 4.69) is 19.4 Å². The van der Waals surface area contributed by atoms with Crippen molar-refractivity contribution in [3.8, 4) is 0 Å². The largest absolute Gasteiger partial charge is 0.385 e. The third-order valence-electron chi connectivity index (χ3n) is 4.18. The van der Waals surface area contributed by atoms with Crippen LogP contribution in [-0.4, -0.2) is 33.8 Å². The molecule has 0 atom stereocenters. The zero-order valence-corrected chi connectivity index (χ0v) is 16.6. The van der Waals surface area contributed by atoms with Crippen LogP contribution < -0.4 is 0 Å². The highest BCUT2D eigenvalue weighted by molar-refractivity contribution is 7.18. The Labute approximate surface area is 176 Å². The van der Waals surface area contributed by atoms with Gasteiger partial charge < -0.3 is 9.47 Å².